The third-order valence-electron chi connectivity index (χ3n) is 3.69. The zero-order valence-electron chi connectivity index (χ0n) is 15.6. The van der Waals surface area contributed by atoms with Crippen LogP contribution in [0.4, 0.5) is 0 Å². The topological polar surface area (TPSA) is 148 Å². The molecule has 0 aromatic heterocycles. The van der Waals surface area contributed by atoms with Gasteiger partial charge in [0.1, 0.15) is 0 Å². The van der Waals surface area contributed by atoms with Crippen molar-refractivity contribution in [2.24, 2.45) is 9.98 Å². The van der Waals surface area contributed by atoms with Gasteiger partial charge in [-0.25, -0.2) is 0 Å². The van der Waals surface area contributed by atoms with Crippen molar-refractivity contribution in [1.29, 1.82) is 0 Å². The van der Waals surface area contributed by atoms with Crippen LogP contribution in [0.25, 0.3) is 0 Å². The number of hydrogen-bond acceptors (Lipinski definition) is 9. The Hall–Kier alpha value is -2.56. The molecule has 0 aromatic rings. The van der Waals surface area contributed by atoms with Gasteiger partial charge < -0.3 is 0 Å². The molecular weight excluding hydrogens is 346 g/mol. The minimum atomic E-state index is -1.45. The lowest BCUT2D eigenvalue weighted by Crippen LogP contribution is -2.37. The van der Waals surface area contributed by atoms with Crippen LogP contribution in [0.15, 0.2) is 9.98 Å². The second-order valence-electron chi connectivity index (χ2n) is 6.13. The molecular formula is C15H25N5O6. The van der Waals surface area contributed by atoms with E-state index in [1.165, 1.54) is 0 Å². The number of carbonyl (C=O) groups is 2. The first-order valence-electron chi connectivity index (χ1n) is 7.98. The van der Waals surface area contributed by atoms with Crippen molar-refractivity contribution in [3.63, 3.8) is 0 Å². The van der Waals surface area contributed by atoms with Crippen molar-refractivity contribution in [3.05, 3.63) is 20.2 Å². The summed E-state index contributed by atoms with van der Waals surface area (Å²) in [7, 11) is 1.79. The predicted octanol–water partition coefficient (Wildman–Crippen LogP) is 0.305. The minimum Gasteiger partial charge on any atom is -0.300 e. The molecule has 0 spiro atoms. The largest absolute Gasteiger partial charge is 0.304 e. The van der Waals surface area contributed by atoms with E-state index >= 15 is 0 Å². The van der Waals surface area contributed by atoms with Gasteiger partial charge >= 0.3 is 12.1 Å². The Morgan fingerprint density at radius 3 is 1.92 bits per heavy atom. The summed E-state index contributed by atoms with van der Waals surface area (Å²) < 4.78 is 0. The SMILES string of the molecule is CC(=O)C(C=NCC(C)N(C)CC(C)N=CC(C(C)=O)[N+](=O)[O-])[N+](=O)[O-]. The Kier molecular flexibility index (Phi) is 10.0. The lowest BCUT2D eigenvalue weighted by molar-refractivity contribution is -0.487. The van der Waals surface area contributed by atoms with E-state index in [0.717, 1.165) is 26.3 Å². The van der Waals surface area contributed by atoms with Crippen molar-refractivity contribution in [1.82, 2.24) is 4.90 Å². The molecule has 146 valence electrons. The first-order valence-corrected chi connectivity index (χ1v) is 7.98. The lowest BCUT2D eigenvalue weighted by atomic mass is 10.2. The molecule has 0 radical (unpaired) electrons. The Labute approximate surface area is 151 Å². The summed E-state index contributed by atoms with van der Waals surface area (Å²) in [5.41, 5.74) is 0. The molecule has 11 heteroatoms. The highest BCUT2D eigenvalue weighted by Gasteiger charge is 2.24. The Morgan fingerprint density at radius 1 is 1.04 bits per heavy atom. The first kappa shape index (κ1) is 23.4. The number of rotatable bonds is 12. The van der Waals surface area contributed by atoms with Gasteiger partial charge in [-0.15, -0.1) is 0 Å². The molecule has 0 amide bonds. The van der Waals surface area contributed by atoms with E-state index in [2.05, 4.69) is 9.98 Å². The quantitative estimate of drug-likeness (QED) is 0.272. The molecule has 0 heterocycles. The van der Waals surface area contributed by atoms with Gasteiger partial charge in [0.2, 0.25) is 11.6 Å². The molecule has 0 saturated heterocycles. The third kappa shape index (κ3) is 8.51. The first-order chi connectivity index (χ1) is 12.0. The van der Waals surface area contributed by atoms with E-state index in [0.29, 0.717) is 6.54 Å². The summed E-state index contributed by atoms with van der Waals surface area (Å²) in [6.45, 7) is 6.55. The van der Waals surface area contributed by atoms with Crippen LogP contribution >= 0.6 is 0 Å². The van der Waals surface area contributed by atoms with Crippen molar-refractivity contribution in [2.45, 2.75) is 51.9 Å². The molecule has 4 atom stereocenters. The second kappa shape index (κ2) is 11.1. The zero-order valence-corrected chi connectivity index (χ0v) is 15.6. The zero-order chi connectivity index (χ0) is 20.4. The molecule has 4 unspecified atom stereocenters. The maximum absolute atomic E-state index is 11.2. The van der Waals surface area contributed by atoms with Gasteiger partial charge in [-0.2, -0.15) is 0 Å². The molecule has 0 aromatic carbocycles. The van der Waals surface area contributed by atoms with Crippen LogP contribution in [-0.4, -0.2) is 83.0 Å². The third-order valence-corrected chi connectivity index (χ3v) is 3.69. The fourth-order valence-corrected chi connectivity index (χ4v) is 1.94. The number of carbonyl (C=O) groups excluding carboxylic acids is 2. The second-order valence-corrected chi connectivity index (χ2v) is 6.13. The van der Waals surface area contributed by atoms with Gasteiger partial charge in [-0.3, -0.25) is 44.7 Å². The van der Waals surface area contributed by atoms with Crippen molar-refractivity contribution in [3.8, 4) is 0 Å². The van der Waals surface area contributed by atoms with Crippen LogP contribution in [0.2, 0.25) is 0 Å². The smallest absolute Gasteiger partial charge is 0.300 e. The van der Waals surface area contributed by atoms with Gasteiger partial charge in [-0.05, 0) is 20.9 Å². The highest BCUT2D eigenvalue weighted by Crippen LogP contribution is 2.02. The monoisotopic (exact) mass is 371 g/mol. The highest BCUT2D eigenvalue weighted by atomic mass is 16.6. The molecule has 0 aliphatic heterocycles. The maximum Gasteiger partial charge on any atom is 0.304 e. The molecule has 26 heavy (non-hydrogen) atoms. The van der Waals surface area contributed by atoms with Crippen molar-refractivity contribution >= 4 is 24.0 Å². The van der Waals surface area contributed by atoms with E-state index in [4.69, 9.17) is 0 Å². The van der Waals surface area contributed by atoms with Gasteiger partial charge in [0.25, 0.3) is 0 Å². The standard InChI is InChI=1S/C15H25N5O6/c1-10(17-8-15(13(4)22)20(25)26)9-18(5)11(2)6-16-7-14(12(3)21)19(23)24/h7-8,10-11,14-15H,6,9H2,1-5H3. The van der Waals surface area contributed by atoms with Crippen LogP contribution in [0.1, 0.15) is 27.7 Å². The summed E-state index contributed by atoms with van der Waals surface area (Å²) in [5.74, 6) is -1.18. The van der Waals surface area contributed by atoms with Crippen LogP contribution in [-0.2, 0) is 9.59 Å². The molecule has 0 N–H and O–H groups in total. The van der Waals surface area contributed by atoms with Gasteiger partial charge in [0, 0.05) is 36.3 Å². The van der Waals surface area contributed by atoms with E-state index in [1.54, 1.807) is 14.0 Å². The Bertz CT molecular complexity index is 563. The summed E-state index contributed by atoms with van der Waals surface area (Å²) in [4.78, 5) is 52.3. The van der Waals surface area contributed by atoms with Crippen LogP contribution in [0.3, 0.4) is 0 Å². The normalized spacial score (nSPS) is 16.5. The number of nitrogens with zero attached hydrogens (tertiary/aromatic N) is 5. The summed E-state index contributed by atoms with van der Waals surface area (Å²) in [6.07, 6.45) is 2.07. The maximum atomic E-state index is 11.2. The summed E-state index contributed by atoms with van der Waals surface area (Å²) >= 11 is 0. The molecule has 11 nitrogen and oxygen atoms in total. The minimum absolute atomic E-state index is 0.0950. The fourth-order valence-electron chi connectivity index (χ4n) is 1.94. The van der Waals surface area contributed by atoms with Crippen molar-refractivity contribution < 1.29 is 19.4 Å². The molecule has 0 aliphatic rings. The van der Waals surface area contributed by atoms with E-state index in [1.807, 2.05) is 11.8 Å². The predicted molar refractivity (Wildman–Crippen MR) is 96.3 cm³/mol. The molecule has 0 saturated carbocycles. The molecule has 0 fully saturated rings. The summed E-state index contributed by atoms with van der Waals surface area (Å²) in [6, 6.07) is -3.28. The van der Waals surface area contributed by atoms with E-state index < -0.39 is 33.5 Å². The molecule has 0 bridgehead atoms. The fraction of sp³-hybridized carbons (Fsp3) is 0.733. The number of nitro groups is 2. The Balaban J connectivity index is 4.63. The van der Waals surface area contributed by atoms with Gasteiger partial charge in [0.15, 0.2) is 0 Å². The van der Waals surface area contributed by atoms with Gasteiger partial charge in [0.05, 0.1) is 25.0 Å². The average molecular weight is 371 g/mol. The lowest BCUT2D eigenvalue weighted by Gasteiger charge is -2.25. The highest BCUT2D eigenvalue weighted by molar-refractivity contribution is 5.96. The summed E-state index contributed by atoms with van der Waals surface area (Å²) in [5, 5.41) is 21.5. The van der Waals surface area contributed by atoms with Crippen LogP contribution in [0, 0.1) is 20.2 Å². The molecule has 0 rings (SSSR count). The number of ketones is 2. The van der Waals surface area contributed by atoms with E-state index in [9.17, 15) is 29.8 Å². The number of aliphatic imine (C=N–C) groups is 2. The molecule has 0 aliphatic carbocycles. The Morgan fingerprint density at radius 2 is 1.50 bits per heavy atom. The number of hydrogen-bond donors (Lipinski definition) is 0. The van der Waals surface area contributed by atoms with E-state index in [-0.39, 0.29) is 18.6 Å². The average Bonchev–Trinajstić information content (AvgIpc) is 2.49. The number of Topliss-reactive ketones (excluding diaryl/α,β-unsaturated/α-hetero) is 2. The van der Waals surface area contributed by atoms with Crippen LogP contribution in [0.5, 0.6) is 0 Å². The number of likely N-dealkylation sites (N-methyl/N-ethyl adjacent to an activating group) is 1. The van der Waals surface area contributed by atoms with Crippen LogP contribution < -0.4 is 0 Å². The van der Waals surface area contributed by atoms with Crippen molar-refractivity contribution in [2.75, 3.05) is 20.1 Å². The van der Waals surface area contributed by atoms with Gasteiger partial charge in [-0.1, -0.05) is 0 Å².